The number of fused-ring (bicyclic) bond motifs is 2. The molecule has 0 saturated heterocycles. The van der Waals surface area contributed by atoms with Crippen molar-refractivity contribution >= 4 is 44.1 Å². The van der Waals surface area contributed by atoms with E-state index in [1.54, 1.807) is 17.6 Å². The Kier molecular flexibility index (Phi) is 5.85. The van der Waals surface area contributed by atoms with Crippen LogP contribution in [0.25, 0.3) is 21.1 Å². The van der Waals surface area contributed by atoms with Gasteiger partial charge in [0, 0.05) is 23.2 Å². The van der Waals surface area contributed by atoms with Crippen LogP contribution >= 0.6 is 11.3 Å². The highest BCUT2D eigenvalue weighted by Crippen LogP contribution is 2.35. The van der Waals surface area contributed by atoms with Gasteiger partial charge >= 0.3 is 6.18 Å². The number of hydrogen-bond donors (Lipinski definition) is 2. The first-order chi connectivity index (χ1) is 16.3. The van der Waals surface area contributed by atoms with Crippen molar-refractivity contribution in [3.63, 3.8) is 0 Å². The van der Waals surface area contributed by atoms with Crippen molar-refractivity contribution in [3.05, 3.63) is 65.0 Å². The van der Waals surface area contributed by atoms with Crippen molar-refractivity contribution in [3.8, 4) is 0 Å². The molecule has 2 heterocycles. The zero-order valence-electron chi connectivity index (χ0n) is 17.8. The molecule has 2 unspecified atom stereocenters. The number of rotatable bonds is 4. The summed E-state index contributed by atoms with van der Waals surface area (Å²) in [7, 11) is 0. The van der Waals surface area contributed by atoms with Crippen LogP contribution in [0.4, 0.5) is 23.2 Å². The van der Waals surface area contributed by atoms with E-state index in [9.17, 15) is 22.4 Å². The Morgan fingerprint density at radius 3 is 2.71 bits per heavy atom. The van der Waals surface area contributed by atoms with E-state index in [1.807, 2.05) is 6.07 Å². The normalized spacial score (nSPS) is 18.8. The van der Waals surface area contributed by atoms with Crippen molar-refractivity contribution < 1.29 is 22.4 Å². The van der Waals surface area contributed by atoms with Crippen LogP contribution in [-0.4, -0.2) is 28.0 Å². The number of carbonyl (C=O) groups is 1. The smallest absolute Gasteiger partial charge is 0.382 e. The highest BCUT2D eigenvalue weighted by molar-refractivity contribution is 7.17. The van der Waals surface area contributed by atoms with Crippen molar-refractivity contribution in [2.24, 2.45) is 0 Å². The number of alkyl halides is 3. The number of benzene rings is 2. The molecule has 0 spiro atoms. The maximum atomic E-state index is 13.9. The van der Waals surface area contributed by atoms with Crippen LogP contribution in [0, 0.1) is 5.82 Å². The number of hydrogen-bond acceptors (Lipinski definition) is 5. The summed E-state index contributed by atoms with van der Waals surface area (Å²) < 4.78 is 54.8. The summed E-state index contributed by atoms with van der Waals surface area (Å²) in [5, 5.41) is 6.52. The number of anilines is 1. The molecule has 2 N–H and O–H groups in total. The zero-order chi connectivity index (χ0) is 23.9. The molecular formula is C24H20F4N4OS. The van der Waals surface area contributed by atoms with Crippen molar-refractivity contribution in [1.82, 2.24) is 15.3 Å². The summed E-state index contributed by atoms with van der Waals surface area (Å²) in [4.78, 5) is 20.8. The molecule has 1 saturated carbocycles. The minimum atomic E-state index is -4.63. The summed E-state index contributed by atoms with van der Waals surface area (Å²) in [5.41, 5.74) is 2.23. The van der Waals surface area contributed by atoms with Crippen LogP contribution in [0.1, 0.15) is 41.7 Å². The quantitative estimate of drug-likeness (QED) is 0.338. The van der Waals surface area contributed by atoms with Gasteiger partial charge in [0.1, 0.15) is 11.5 Å². The molecule has 5 nitrogen and oxygen atoms in total. The number of thiazole rings is 1. The van der Waals surface area contributed by atoms with Crippen molar-refractivity contribution in [2.45, 2.75) is 43.9 Å². The number of carbonyl (C=O) groups excluding carboxylic acids is 1. The first-order valence-corrected chi connectivity index (χ1v) is 11.7. The van der Waals surface area contributed by atoms with Crippen LogP contribution < -0.4 is 10.6 Å². The lowest BCUT2D eigenvalue weighted by Crippen LogP contribution is -2.41. The lowest BCUT2D eigenvalue weighted by molar-refractivity contribution is -0.140. The van der Waals surface area contributed by atoms with Gasteiger partial charge in [-0.15, -0.1) is 11.3 Å². The van der Waals surface area contributed by atoms with E-state index in [2.05, 4.69) is 20.6 Å². The molecule has 2 aromatic carbocycles. The number of aromatic nitrogens is 2. The summed E-state index contributed by atoms with van der Waals surface area (Å²) in [6.07, 6.45) is -1.82. The summed E-state index contributed by atoms with van der Waals surface area (Å²) >= 11 is 1.40. The van der Waals surface area contributed by atoms with Gasteiger partial charge in [0.25, 0.3) is 5.91 Å². The molecule has 10 heteroatoms. The number of amides is 1. The van der Waals surface area contributed by atoms with E-state index in [4.69, 9.17) is 0 Å². The van der Waals surface area contributed by atoms with E-state index in [0.717, 1.165) is 41.6 Å². The maximum absolute atomic E-state index is 13.9. The Morgan fingerprint density at radius 2 is 1.88 bits per heavy atom. The topological polar surface area (TPSA) is 66.9 Å². The molecule has 0 radical (unpaired) electrons. The molecule has 4 aromatic rings. The van der Waals surface area contributed by atoms with E-state index in [0.29, 0.717) is 12.0 Å². The third-order valence-electron chi connectivity index (χ3n) is 6.03. The lowest BCUT2D eigenvalue weighted by atomic mass is 9.90. The van der Waals surface area contributed by atoms with E-state index >= 15 is 0 Å². The Bertz CT molecular complexity index is 1370. The fourth-order valence-corrected chi connectivity index (χ4v) is 5.26. The largest absolute Gasteiger partial charge is 0.433 e. The number of halogens is 4. The van der Waals surface area contributed by atoms with Gasteiger partial charge in [0.05, 0.1) is 26.8 Å². The van der Waals surface area contributed by atoms with Crippen molar-refractivity contribution in [1.29, 1.82) is 0 Å². The Hall–Kier alpha value is -3.27. The molecule has 2 aromatic heterocycles. The van der Waals surface area contributed by atoms with Gasteiger partial charge in [-0.3, -0.25) is 4.79 Å². The number of nitrogens with zero attached hydrogens (tertiary/aromatic N) is 2. The van der Waals surface area contributed by atoms with Crippen LogP contribution in [0.5, 0.6) is 0 Å². The first kappa shape index (κ1) is 22.5. The van der Waals surface area contributed by atoms with E-state index in [-0.39, 0.29) is 34.6 Å². The molecule has 0 aliphatic heterocycles. The van der Waals surface area contributed by atoms with Crippen LogP contribution in [-0.2, 0) is 6.18 Å². The fraction of sp³-hybridized carbons (Fsp3) is 0.292. The van der Waals surface area contributed by atoms with Crippen LogP contribution in [0.15, 0.2) is 48.0 Å². The van der Waals surface area contributed by atoms with Gasteiger partial charge < -0.3 is 10.6 Å². The fourth-order valence-electron chi connectivity index (χ4n) is 4.46. The SMILES string of the molecule is O=C(NC1CCCC(Nc2cc(C(F)(F)F)nc3ccc(F)cc23)C1)c1cccc2ncsc12. The van der Waals surface area contributed by atoms with Gasteiger partial charge in [-0.2, -0.15) is 13.2 Å². The number of pyridine rings is 1. The second kappa shape index (κ2) is 8.83. The molecule has 1 aliphatic rings. The molecular weight excluding hydrogens is 468 g/mol. The van der Waals surface area contributed by atoms with E-state index < -0.39 is 17.7 Å². The molecule has 0 bridgehead atoms. The Balaban J connectivity index is 1.36. The summed E-state index contributed by atoms with van der Waals surface area (Å²) in [6.45, 7) is 0. The highest BCUT2D eigenvalue weighted by atomic mass is 32.1. The van der Waals surface area contributed by atoms with Gasteiger partial charge in [-0.05, 0) is 62.1 Å². The predicted octanol–water partition coefficient (Wildman–Crippen LogP) is 6.16. The Labute approximate surface area is 196 Å². The molecule has 176 valence electrons. The van der Waals surface area contributed by atoms with Gasteiger partial charge in [-0.1, -0.05) is 6.07 Å². The minimum Gasteiger partial charge on any atom is -0.382 e. The highest BCUT2D eigenvalue weighted by Gasteiger charge is 2.34. The first-order valence-electron chi connectivity index (χ1n) is 10.8. The van der Waals surface area contributed by atoms with Gasteiger partial charge in [0.2, 0.25) is 0 Å². The zero-order valence-corrected chi connectivity index (χ0v) is 18.6. The van der Waals surface area contributed by atoms with Crippen LogP contribution in [0.2, 0.25) is 0 Å². The third-order valence-corrected chi connectivity index (χ3v) is 6.91. The Morgan fingerprint density at radius 1 is 1.06 bits per heavy atom. The third kappa shape index (κ3) is 4.54. The molecule has 1 fully saturated rings. The monoisotopic (exact) mass is 488 g/mol. The summed E-state index contributed by atoms with van der Waals surface area (Å²) in [5.74, 6) is -0.751. The average Bonchev–Trinajstić information content (AvgIpc) is 3.28. The lowest BCUT2D eigenvalue weighted by Gasteiger charge is -2.31. The average molecular weight is 489 g/mol. The predicted molar refractivity (Wildman–Crippen MR) is 123 cm³/mol. The molecule has 34 heavy (non-hydrogen) atoms. The van der Waals surface area contributed by atoms with Gasteiger partial charge in [0.15, 0.2) is 0 Å². The molecule has 2 atom stereocenters. The second-order valence-corrected chi connectivity index (χ2v) is 9.25. The molecule has 5 rings (SSSR count). The second-order valence-electron chi connectivity index (χ2n) is 8.40. The standard InChI is InChI=1S/C24H20F4N4OS/c25-13-7-8-18-17(9-13)20(11-21(32-18)24(26,27)28)30-14-3-1-4-15(10-14)31-23(33)16-5-2-6-19-22(16)34-12-29-19/h2,5-9,11-12,14-15H,1,3-4,10H2,(H,30,32)(H,31,33). The molecule has 1 amide bonds. The van der Waals surface area contributed by atoms with E-state index in [1.165, 1.54) is 23.5 Å². The number of nitrogens with one attached hydrogen (secondary N) is 2. The van der Waals surface area contributed by atoms with Crippen molar-refractivity contribution in [2.75, 3.05) is 5.32 Å². The van der Waals surface area contributed by atoms with Gasteiger partial charge in [-0.25, -0.2) is 14.4 Å². The minimum absolute atomic E-state index is 0.0667. The maximum Gasteiger partial charge on any atom is 0.433 e. The summed E-state index contributed by atoms with van der Waals surface area (Å²) in [6, 6.07) is 9.50. The molecule has 1 aliphatic carbocycles. The van der Waals surface area contributed by atoms with Crippen LogP contribution in [0.3, 0.4) is 0 Å².